The minimum atomic E-state index is -0.727. The number of hydrogen-bond acceptors (Lipinski definition) is 8. The lowest BCUT2D eigenvalue weighted by Crippen LogP contribution is -2.48. The van der Waals surface area contributed by atoms with Crippen LogP contribution in [0.4, 0.5) is 10.2 Å². The molecule has 0 spiro atoms. The van der Waals surface area contributed by atoms with E-state index in [0.717, 1.165) is 30.5 Å². The zero-order valence-electron chi connectivity index (χ0n) is 21.6. The molecule has 0 bridgehead atoms. The number of nitrogens with zero attached hydrogens (tertiary/aromatic N) is 6. The smallest absolute Gasteiger partial charge is 0.319 e. The van der Waals surface area contributed by atoms with Gasteiger partial charge in [-0.3, -0.25) is 14.2 Å². The molecular formula is C27H31FN6O4. The molecule has 1 N–H and O–H groups in total. The summed E-state index contributed by atoms with van der Waals surface area (Å²) in [6, 6.07) is 5.70. The summed E-state index contributed by atoms with van der Waals surface area (Å²) in [4.78, 5) is 41.1. The number of halogens is 1. The summed E-state index contributed by atoms with van der Waals surface area (Å²) in [6.07, 6.45) is 2.81. The number of pyridine rings is 1. The Morgan fingerprint density at radius 3 is 2.53 bits per heavy atom. The van der Waals surface area contributed by atoms with E-state index in [4.69, 9.17) is 9.72 Å². The van der Waals surface area contributed by atoms with Gasteiger partial charge in [0.2, 0.25) is 5.91 Å². The fourth-order valence-electron chi connectivity index (χ4n) is 5.09. The second-order valence-corrected chi connectivity index (χ2v) is 9.76. The van der Waals surface area contributed by atoms with Crippen molar-refractivity contribution < 1.29 is 19.0 Å². The van der Waals surface area contributed by atoms with E-state index < -0.39 is 11.4 Å². The van der Waals surface area contributed by atoms with Crippen molar-refractivity contribution >= 4 is 22.6 Å². The number of para-hydroxylation sites is 1. The number of aryl methyl sites for hydroxylation is 1. The van der Waals surface area contributed by atoms with Gasteiger partial charge >= 0.3 is 6.01 Å². The molecule has 2 aliphatic rings. The number of aromatic nitrogens is 3. The van der Waals surface area contributed by atoms with E-state index in [1.165, 1.54) is 24.3 Å². The Balaban J connectivity index is 1.62. The molecule has 0 aliphatic carbocycles. The summed E-state index contributed by atoms with van der Waals surface area (Å²) in [6.45, 7) is 8.92. The summed E-state index contributed by atoms with van der Waals surface area (Å²) in [5.74, 6) is -0.690. The van der Waals surface area contributed by atoms with E-state index >= 15 is 0 Å². The molecule has 10 nitrogen and oxygen atoms in total. The minimum absolute atomic E-state index is 0.0655. The first-order valence-corrected chi connectivity index (χ1v) is 12.7. The summed E-state index contributed by atoms with van der Waals surface area (Å²) < 4.78 is 22.1. The van der Waals surface area contributed by atoms with E-state index in [0.29, 0.717) is 43.1 Å². The van der Waals surface area contributed by atoms with E-state index in [2.05, 4.69) is 23.5 Å². The molecule has 1 aromatic carbocycles. The summed E-state index contributed by atoms with van der Waals surface area (Å²) in [5.41, 5.74) is -0.336. The quantitative estimate of drug-likeness (QED) is 0.509. The highest BCUT2D eigenvalue weighted by Crippen LogP contribution is 2.30. The molecule has 2 saturated heterocycles. The lowest BCUT2D eigenvalue weighted by atomic mass is 10.1. The Hall–Kier alpha value is -3.99. The maximum atomic E-state index is 14.8. The number of ether oxygens (including phenoxy) is 1. The molecular weight excluding hydrogens is 491 g/mol. The van der Waals surface area contributed by atoms with E-state index in [1.54, 1.807) is 17.9 Å². The number of carbonyl (C=O) groups is 1. The highest BCUT2D eigenvalue weighted by atomic mass is 19.1. The van der Waals surface area contributed by atoms with Crippen LogP contribution in [0.5, 0.6) is 11.8 Å². The number of benzene rings is 1. The van der Waals surface area contributed by atoms with Crippen LogP contribution in [0.3, 0.4) is 0 Å². The number of carbonyl (C=O) groups excluding carboxylic acids is 1. The van der Waals surface area contributed by atoms with Crippen molar-refractivity contribution in [3.63, 3.8) is 0 Å². The molecule has 38 heavy (non-hydrogen) atoms. The van der Waals surface area contributed by atoms with Gasteiger partial charge in [0.05, 0.1) is 5.39 Å². The fraction of sp³-hybridized carbons (Fsp3) is 0.407. The van der Waals surface area contributed by atoms with Crippen LogP contribution in [-0.4, -0.2) is 87.8 Å². The van der Waals surface area contributed by atoms with Gasteiger partial charge in [0, 0.05) is 45.0 Å². The molecule has 11 heteroatoms. The lowest BCUT2D eigenvalue weighted by molar-refractivity contribution is -0.126. The molecule has 2 fully saturated rings. The third-order valence-corrected chi connectivity index (χ3v) is 7.21. The van der Waals surface area contributed by atoms with Gasteiger partial charge in [0.1, 0.15) is 28.9 Å². The van der Waals surface area contributed by atoms with E-state index in [9.17, 15) is 19.1 Å². The Bertz CT molecular complexity index is 1420. The average molecular weight is 523 g/mol. The number of amides is 1. The van der Waals surface area contributed by atoms with Gasteiger partial charge in [-0.2, -0.15) is 9.97 Å². The number of fused-ring (bicyclic) bond motifs is 1. The Morgan fingerprint density at radius 1 is 1.16 bits per heavy atom. The summed E-state index contributed by atoms with van der Waals surface area (Å²) in [7, 11) is 2.06. The largest absolute Gasteiger partial charge is 0.506 e. The van der Waals surface area contributed by atoms with Crippen molar-refractivity contribution in [2.45, 2.75) is 25.9 Å². The van der Waals surface area contributed by atoms with Crippen LogP contribution in [-0.2, 0) is 4.79 Å². The van der Waals surface area contributed by atoms with Crippen LogP contribution < -0.4 is 15.2 Å². The second kappa shape index (κ2) is 10.4. The van der Waals surface area contributed by atoms with Crippen LogP contribution >= 0.6 is 0 Å². The third-order valence-electron chi connectivity index (χ3n) is 7.21. The van der Waals surface area contributed by atoms with Crippen LogP contribution in [0.1, 0.15) is 18.5 Å². The van der Waals surface area contributed by atoms with E-state index in [-0.39, 0.29) is 35.0 Å². The van der Waals surface area contributed by atoms with Gasteiger partial charge in [0.25, 0.3) is 5.56 Å². The Labute approximate surface area is 219 Å². The van der Waals surface area contributed by atoms with Crippen molar-refractivity contribution in [3.05, 3.63) is 58.8 Å². The number of rotatable bonds is 5. The summed E-state index contributed by atoms with van der Waals surface area (Å²) in [5, 5.41) is 10.9. The lowest BCUT2D eigenvalue weighted by Gasteiger charge is -2.35. The van der Waals surface area contributed by atoms with E-state index in [1.807, 2.05) is 4.90 Å². The standard InChI is InChI=1S/C27H31FN6O4/c1-4-22(36)32-12-14-33(15-13-32)25-19-16-17(2)34(24-20(28)6-5-7-21(24)35)26(37)23(19)29-27(30-25)38-18-8-10-31(3)11-9-18/h4-7,16,18,35H,1,8-15H2,2-3H3. The Morgan fingerprint density at radius 2 is 1.87 bits per heavy atom. The predicted molar refractivity (Wildman–Crippen MR) is 142 cm³/mol. The normalized spacial score (nSPS) is 17.1. The van der Waals surface area contributed by atoms with Crippen molar-refractivity contribution in [1.82, 2.24) is 24.3 Å². The van der Waals surface area contributed by atoms with Crippen molar-refractivity contribution in [2.24, 2.45) is 0 Å². The molecule has 200 valence electrons. The maximum absolute atomic E-state index is 14.8. The highest BCUT2D eigenvalue weighted by molar-refractivity contribution is 5.90. The SMILES string of the molecule is C=CC(=O)N1CCN(c2nc(OC3CCN(C)CC3)nc3c(=O)n(-c4c(O)cccc4F)c(C)cc23)CC1. The maximum Gasteiger partial charge on any atom is 0.319 e. The van der Waals surface area contributed by atoms with Gasteiger partial charge in [-0.25, -0.2) is 4.39 Å². The monoisotopic (exact) mass is 522 g/mol. The molecule has 5 rings (SSSR count). The number of likely N-dealkylation sites (tertiary alicyclic amines) is 1. The second-order valence-electron chi connectivity index (χ2n) is 9.76. The third kappa shape index (κ3) is 4.81. The number of aromatic hydroxyl groups is 1. The molecule has 0 radical (unpaired) electrons. The zero-order chi connectivity index (χ0) is 27.0. The highest BCUT2D eigenvalue weighted by Gasteiger charge is 2.27. The number of anilines is 1. The number of phenols is 1. The topological polar surface area (TPSA) is 104 Å². The van der Waals surface area contributed by atoms with Gasteiger partial charge in [0.15, 0.2) is 5.82 Å². The molecule has 0 unspecified atom stereocenters. The molecule has 2 aromatic heterocycles. The molecule has 2 aliphatic heterocycles. The van der Waals surface area contributed by atoms with Crippen LogP contribution in [0.25, 0.3) is 16.6 Å². The zero-order valence-corrected chi connectivity index (χ0v) is 21.6. The number of piperidine rings is 1. The molecule has 0 atom stereocenters. The van der Waals surface area contributed by atoms with Crippen molar-refractivity contribution in [2.75, 3.05) is 51.2 Å². The number of piperazine rings is 1. The average Bonchev–Trinajstić information content (AvgIpc) is 2.91. The minimum Gasteiger partial charge on any atom is -0.506 e. The van der Waals surface area contributed by atoms with Gasteiger partial charge in [-0.15, -0.1) is 0 Å². The first-order valence-electron chi connectivity index (χ1n) is 12.7. The fourth-order valence-corrected chi connectivity index (χ4v) is 5.09. The predicted octanol–water partition coefficient (Wildman–Crippen LogP) is 2.24. The van der Waals surface area contributed by atoms with Gasteiger partial charge < -0.3 is 24.5 Å². The Kier molecular flexibility index (Phi) is 7.02. The summed E-state index contributed by atoms with van der Waals surface area (Å²) >= 11 is 0. The van der Waals surface area contributed by atoms with Crippen molar-refractivity contribution in [3.8, 4) is 17.4 Å². The first-order chi connectivity index (χ1) is 18.3. The van der Waals surface area contributed by atoms with Crippen molar-refractivity contribution in [1.29, 1.82) is 0 Å². The number of phenolic OH excluding ortho intramolecular Hbond substituents is 1. The van der Waals surface area contributed by atoms with Gasteiger partial charge in [-0.05, 0) is 51.1 Å². The first kappa shape index (κ1) is 25.7. The van der Waals surface area contributed by atoms with Crippen LogP contribution in [0, 0.1) is 12.7 Å². The molecule has 4 heterocycles. The van der Waals surface area contributed by atoms with Crippen LogP contribution in [0.2, 0.25) is 0 Å². The molecule has 1 amide bonds. The van der Waals surface area contributed by atoms with Crippen LogP contribution in [0.15, 0.2) is 41.7 Å². The van der Waals surface area contributed by atoms with Gasteiger partial charge in [-0.1, -0.05) is 12.6 Å². The number of hydrogen-bond donors (Lipinski definition) is 1. The molecule has 0 saturated carbocycles. The molecule has 3 aromatic rings.